The van der Waals surface area contributed by atoms with Crippen molar-refractivity contribution in [2.24, 2.45) is 16.8 Å². The molecular weight excluding hydrogens is 374 g/mol. The lowest BCUT2D eigenvalue weighted by atomic mass is 10.1. The third kappa shape index (κ3) is 5.84. The van der Waals surface area contributed by atoms with Gasteiger partial charge in [0.25, 0.3) is 0 Å². The summed E-state index contributed by atoms with van der Waals surface area (Å²) < 4.78 is 0. The van der Waals surface area contributed by atoms with E-state index in [1.165, 1.54) is 5.01 Å². The topological polar surface area (TPSA) is 119 Å². The Bertz CT molecular complexity index is 886. The van der Waals surface area contributed by atoms with Crippen molar-refractivity contribution < 1.29 is 0 Å². The second-order valence-electron chi connectivity index (χ2n) is 5.61. The van der Waals surface area contributed by atoms with Crippen LogP contribution in [-0.2, 0) is 0 Å². The van der Waals surface area contributed by atoms with Crippen LogP contribution >= 0.6 is 11.6 Å². The summed E-state index contributed by atoms with van der Waals surface area (Å²) in [4.78, 5) is 8.35. The van der Waals surface area contributed by atoms with E-state index in [9.17, 15) is 0 Å². The van der Waals surface area contributed by atoms with Crippen LogP contribution in [0.5, 0.6) is 0 Å². The van der Waals surface area contributed by atoms with Gasteiger partial charge in [0.1, 0.15) is 5.82 Å². The molecule has 0 aromatic carbocycles. The molecule has 6 N–H and O–H groups in total. The van der Waals surface area contributed by atoms with E-state index in [-0.39, 0.29) is 5.82 Å². The van der Waals surface area contributed by atoms with Gasteiger partial charge in [-0.25, -0.2) is 10.8 Å². The molecule has 2 aromatic rings. The normalized spacial score (nSPS) is 12.1. The largest absolute Gasteiger partial charge is 0.383 e. The van der Waals surface area contributed by atoms with E-state index < -0.39 is 0 Å². The minimum atomic E-state index is 0.276. The van der Waals surface area contributed by atoms with Crippen LogP contribution in [0.1, 0.15) is 19.4 Å². The first kappa shape index (κ1) is 22.7. The Morgan fingerprint density at radius 2 is 2.04 bits per heavy atom. The number of terminal acetylenes is 1. The molecule has 0 aliphatic carbocycles. The van der Waals surface area contributed by atoms with Gasteiger partial charge in [0, 0.05) is 34.7 Å². The Kier molecular flexibility index (Phi) is 9.23. The van der Waals surface area contributed by atoms with Crippen molar-refractivity contribution >= 4 is 23.3 Å². The van der Waals surface area contributed by atoms with Crippen molar-refractivity contribution in [3.05, 3.63) is 65.1 Å². The molecule has 0 aliphatic heterocycles. The number of allylic oxidation sites excluding steroid dienone is 3. The summed E-state index contributed by atoms with van der Waals surface area (Å²) >= 11 is 6.20. The van der Waals surface area contributed by atoms with Crippen molar-refractivity contribution in [3.63, 3.8) is 0 Å². The van der Waals surface area contributed by atoms with Crippen LogP contribution in [0.4, 0.5) is 5.82 Å². The van der Waals surface area contributed by atoms with Gasteiger partial charge in [-0.05, 0) is 37.6 Å². The first-order valence-corrected chi connectivity index (χ1v) is 8.63. The summed E-state index contributed by atoms with van der Waals surface area (Å²) in [6, 6.07) is 5.60. The highest BCUT2D eigenvalue weighted by Gasteiger charge is 2.17. The number of amidine groups is 1. The standard InChI is InChI=1S/C18H22ClN7.C2H2/c1-3-5-16(19)12(2)11-26(22)18(25-21)15-8-14(10-24-17(15)20)13-6-4-7-23-9-13;1-2/h3-10H,11,21-22H2,1-2H3,(H2,20,24);1-2H/b5-3-,16-12+,25-18-;. The van der Waals surface area contributed by atoms with Gasteiger partial charge >= 0.3 is 0 Å². The van der Waals surface area contributed by atoms with Crippen LogP contribution in [0.25, 0.3) is 11.1 Å². The van der Waals surface area contributed by atoms with Crippen LogP contribution in [0.3, 0.4) is 0 Å². The summed E-state index contributed by atoms with van der Waals surface area (Å²) in [6.45, 7) is 4.10. The molecule has 0 bridgehead atoms. The van der Waals surface area contributed by atoms with Crippen LogP contribution in [0, 0.1) is 12.8 Å². The molecule has 2 aromatic heterocycles. The zero-order valence-electron chi connectivity index (χ0n) is 15.9. The molecule has 0 aliphatic rings. The molecular formula is C20H24ClN7. The Hall–Kier alpha value is -3.34. The Balaban J connectivity index is 0.00000190. The van der Waals surface area contributed by atoms with E-state index in [4.69, 9.17) is 29.0 Å². The second kappa shape index (κ2) is 11.4. The number of nitrogens with two attached hydrogens (primary N) is 3. The van der Waals surface area contributed by atoms with Crippen molar-refractivity contribution in [2.45, 2.75) is 13.8 Å². The van der Waals surface area contributed by atoms with Crippen molar-refractivity contribution in [2.75, 3.05) is 12.3 Å². The summed E-state index contributed by atoms with van der Waals surface area (Å²) in [5, 5.41) is 5.81. The molecule has 146 valence electrons. The average Bonchev–Trinajstić information content (AvgIpc) is 2.72. The highest BCUT2D eigenvalue weighted by atomic mass is 35.5. The number of hydrazone groups is 1. The number of hydrazine groups is 1. The van der Waals surface area contributed by atoms with Crippen LogP contribution in [0.15, 0.2) is 64.6 Å². The van der Waals surface area contributed by atoms with Gasteiger partial charge < -0.3 is 11.6 Å². The Morgan fingerprint density at radius 1 is 1.32 bits per heavy atom. The van der Waals surface area contributed by atoms with Crippen LogP contribution in [-0.4, -0.2) is 27.4 Å². The van der Waals surface area contributed by atoms with E-state index >= 15 is 0 Å². The molecule has 0 unspecified atom stereocenters. The maximum Gasteiger partial charge on any atom is 0.173 e. The molecule has 0 fully saturated rings. The SMILES string of the molecule is C#C.C/C=C\C(Cl)=C(\C)CN(N)/C(=N\N)c1cc(-c2cccnc2)cnc1N. The quantitative estimate of drug-likeness (QED) is 0.178. The first-order chi connectivity index (χ1) is 13.5. The number of halogens is 1. The van der Waals surface area contributed by atoms with Gasteiger partial charge in [-0.2, -0.15) is 5.10 Å². The monoisotopic (exact) mass is 397 g/mol. The predicted molar refractivity (Wildman–Crippen MR) is 117 cm³/mol. The zero-order chi connectivity index (χ0) is 21.1. The van der Waals surface area contributed by atoms with Gasteiger partial charge in [-0.1, -0.05) is 23.7 Å². The zero-order valence-corrected chi connectivity index (χ0v) is 16.6. The fourth-order valence-corrected chi connectivity index (χ4v) is 2.52. The molecule has 0 atom stereocenters. The van der Waals surface area contributed by atoms with Gasteiger partial charge in [-0.3, -0.25) is 9.99 Å². The average molecular weight is 398 g/mol. The van der Waals surface area contributed by atoms with Crippen LogP contribution < -0.4 is 17.4 Å². The fourth-order valence-electron chi connectivity index (χ4n) is 2.34. The molecule has 8 heteroatoms. The number of hydrogen-bond acceptors (Lipinski definition) is 6. The third-order valence-corrected chi connectivity index (χ3v) is 4.13. The fraction of sp³-hybridized carbons (Fsp3) is 0.150. The van der Waals surface area contributed by atoms with E-state index in [1.54, 1.807) is 24.7 Å². The highest BCUT2D eigenvalue weighted by molar-refractivity contribution is 6.31. The van der Waals surface area contributed by atoms with E-state index in [1.807, 2.05) is 38.1 Å². The molecule has 2 heterocycles. The molecule has 0 radical (unpaired) electrons. The molecule has 0 saturated carbocycles. The lowest BCUT2D eigenvalue weighted by molar-refractivity contribution is 0.476. The van der Waals surface area contributed by atoms with Crippen molar-refractivity contribution in [1.82, 2.24) is 15.0 Å². The molecule has 7 nitrogen and oxygen atoms in total. The number of nitrogen functional groups attached to an aromatic ring is 1. The van der Waals surface area contributed by atoms with Gasteiger partial charge in [0.15, 0.2) is 5.84 Å². The molecule has 0 spiro atoms. The molecule has 0 amide bonds. The Morgan fingerprint density at radius 3 is 2.61 bits per heavy atom. The van der Waals surface area contributed by atoms with E-state index in [2.05, 4.69) is 27.9 Å². The summed E-state index contributed by atoms with van der Waals surface area (Å²) in [6.07, 6.45) is 16.7. The number of hydrogen-bond donors (Lipinski definition) is 3. The Labute approximate surface area is 170 Å². The summed E-state index contributed by atoms with van der Waals surface area (Å²) in [7, 11) is 0. The molecule has 2 rings (SSSR count). The smallest absolute Gasteiger partial charge is 0.173 e. The van der Waals surface area contributed by atoms with Crippen molar-refractivity contribution in [1.29, 1.82) is 0 Å². The minimum absolute atomic E-state index is 0.276. The van der Waals surface area contributed by atoms with Gasteiger partial charge in [0.05, 0.1) is 12.1 Å². The number of nitrogens with zero attached hydrogens (tertiary/aromatic N) is 4. The maximum atomic E-state index is 6.20. The molecule has 28 heavy (non-hydrogen) atoms. The highest BCUT2D eigenvalue weighted by Crippen LogP contribution is 2.22. The van der Waals surface area contributed by atoms with Gasteiger partial charge in [0.2, 0.25) is 0 Å². The number of rotatable bonds is 5. The van der Waals surface area contributed by atoms with Crippen molar-refractivity contribution in [3.8, 4) is 24.0 Å². The predicted octanol–water partition coefficient (Wildman–Crippen LogP) is 2.86. The molecule has 0 saturated heterocycles. The van der Waals surface area contributed by atoms with E-state index in [0.717, 1.165) is 16.7 Å². The maximum absolute atomic E-state index is 6.20. The summed E-state index contributed by atoms with van der Waals surface area (Å²) in [5.41, 5.74) is 9.15. The number of pyridine rings is 2. The lowest BCUT2D eigenvalue weighted by Gasteiger charge is -2.22. The summed E-state index contributed by atoms with van der Waals surface area (Å²) in [5.74, 6) is 12.3. The number of anilines is 1. The number of aromatic nitrogens is 2. The first-order valence-electron chi connectivity index (χ1n) is 8.25. The minimum Gasteiger partial charge on any atom is -0.383 e. The second-order valence-corrected chi connectivity index (χ2v) is 6.01. The van der Waals surface area contributed by atoms with Gasteiger partial charge in [-0.15, -0.1) is 12.8 Å². The lowest BCUT2D eigenvalue weighted by Crippen LogP contribution is -2.40. The van der Waals surface area contributed by atoms with E-state index in [0.29, 0.717) is 23.0 Å². The van der Waals surface area contributed by atoms with Crippen LogP contribution in [0.2, 0.25) is 0 Å². The third-order valence-electron chi connectivity index (χ3n) is 3.68.